The van der Waals surface area contributed by atoms with Gasteiger partial charge in [0.05, 0.1) is 12.2 Å². The molecule has 1 aliphatic rings. The van der Waals surface area contributed by atoms with Crippen molar-refractivity contribution < 1.29 is 20.4 Å². The van der Waals surface area contributed by atoms with Crippen molar-refractivity contribution in [1.82, 2.24) is 5.32 Å². The van der Waals surface area contributed by atoms with Gasteiger partial charge in [-0.3, -0.25) is 0 Å². The Morgan fingerprint density at radius 3 is 2.42 bits per heavy atom. The molecule has 0 aromatic heterocycles. The lowest BCUT2D eigenvalue weighted by molar-refractivity contribution is -0.0965. The van der Waals surface area contributed by atoms with Crippen molar-refractivity contribution in [2.45, 2.75) is 30.8 Å². The second kappa shape index (κ2) is 4.15. The Kier molecular flexibility index (Phi) is 3.42. The van der Waals surface area contributed by atoms with Crippen molar-refractivity contribution in [3.05, 3.63) is 0 Å². The van der Waals surface area contributed by atoms with Gasteiger partial charge in [0.2, 0.25) is 0 Å². The Morgan fingerprint density at radius 1 is 1.17 bits per heavy atom. The molecule has 5 nitrogen and oxygen atoms in total. The molecule has 0 spiro atoms. The van der Waals surface area contributed by atoms with Gasteiger partial charge in [-0.25, -0.2) is 0 Å². The van der Waals surface area contributed by atoms with Crippen molar-refractivity contribution in [1.29, 1.82) is 0 Å². The zero-order chi connectivity index (χ0) is 9.14. The Morgan fingerprint density at radius 2 is 1.83 bits per heavy atom. The van der Waals surface area contributed by atoms with Crippen LogP contribution in [-0.4, -0.2) is 57.9 Å². The SMILES string of the molecule is OCC[C@@H]1NC[C@@H](O)[C@@H](O)[C@H]1O. The van der Waals surface area contributed by atoms with E-state index in [0.29, 0.717) is 6.42 Å². The molecule has 5 heteroatoms. The minimum atomic E-state index is -1.11. The number of hydrogen-bond acceptors (Lipinski definition) is 5. The number of β-amino-alcohol motifs (C(OH)–C–C–N with tert-alkyl or cyclic N) is 1. The molecule has 0 aromatic carbocycles. The summed E-state index contributed by atoms with van der Waals surface area (Å²) < 4.78 is 0. The molecule has 1 fully saturated rings. The number of piperidine rings is 1. The van der Waals surface area contributed by atoms with Crippen molar-refractivity contribution in [2.75, 3.05) is 13.2 Å². The predicted molar refractivity (Wildman–Crippen MR) is 41.5 cm³/mol. The first kappa shape index (κ1) is 9.88. The van der Waals surface area contributed by atoms with E-state index in [-0.39, 0.29) is 19.2 Å². The fourth-order valence-electron chi connectivity index (χ4n) is 1.39. The lowest BCUT2D eigenvalue weighted by Gasteiger charge is -2.35. The highest BCUT2D eigenvalue weighted by molar-refractivity contribution is 4.91. The summed E-state index contributed by atoms with van der Waals surface area (Å²) in [5.74, 6) is 0. The van der Waals surface area contributed by atoms with Gasteiger partial charge in [0.15, 0.2) is 0 Å². The Bertz CT molecular complexity index is 143. The van der Waals surface area contributed by atoms with E-state index < -0.39 is 18.3 Å². The van der Waals surface area contributed by atoms with Gasteiger partial charge in [0, 0.05) is 19.2 Å². The van der Waals surface area contributed by atoms with E-state index in [2.05, 4.69) is 5.32 Å². The topological polar surface area (TPSA) is 93.0 Å². The molecule has 0 saturated carbocycles. The van der Waals surface area contributed by atoms with Crippen LogP contribution in [0.4, 0.5) is 0 Å². The first-order chi connectivity index (χ1) is 5.66. The molecule has 5 N–H and O–H groups in total. The van der Waals surface area contributed by atoms with Crippen LogP contribution in [0, 0.1) is 0 Å². The molecule has 1 saturated heterocycles. The van der Waals surface area contributed by atoms with Crippen LogP contribution in [0.15, 0.2) is 0 Å². The summed E-state index contributed by atoms with van der Waals surface area (Å²) >= 11 is 0. The van der Waals surface area contributed by atoms with E-state index >= 15 is 0 Å². The Balaban J connectivity index is 2.46. The molecule has 0 bridgehead atoms. The highest BCUT2D eigenvalue weighted by Gasteiger charge is 2.35. The second-order valence-corrected chi connectivity index (χ2v) is 3.08. The molecule has 4 atom stereocenters. The lowest BCUT2D eigenvalue weighted by Crippen LogP contribution is -2.59. The average Bonchev–Trinajstić information content (AvgIpc) is 2.07. The highest BCUT2D eigenvalue weighted by Crippen LogP contribution is 2.12. The fourth-order valence-corrected chi connectivity index (χ4v) is 1.39. The Labute approximate surface area is 70.6 Å². The third kappa shape index (κ3) is 1.94. The first-order valence-corrected chi connectivity index (χ1v) is 4.05. The third-order valence-corrected chi connectivity index (χ3v) is 2.19. The maximum atomic E-state index is 9.36. The summed E-state index contributed by atoms with van der Waals surface area (Å²) in [5.41, 5.74) is 0. The van der Waals surface area contributed by atoms with Gasteiger partial charge in [0.1, 0.15) is 6.10 Å². The van der Waals surface area contributed by atoms with Gasteiger partial charge in [-0.15, -0.1) is 0 Å². The summed E-state index contributed by atoms with van der Waals surface area (Å²) in [4.78, 5) is 0. The molecule has 1 rings (SSSR count). The molecular formula is C7H15NO4. The van der Waals surface area contributed by atoms with Crippen molar-refractivity contribution in [3.8, 4) is 0 Å². The van der Waals surface area contributed by atoms with E-state index in [1.165, 1.54) is 0 Å². The summed E-state index contributed by atoms with van der Waals surface area (Å²) in [6, 6.07) is -0.326. The van der Waals surface area contributed by atoms with Crippen LogP contribution in [0.5, 0.6) is 0 Å². The molecule has 1 heterocycles. The van der Waals surface area contributed by atoms with E-state index in [9.17, 15) is 10.2 Å². The minimum absolute atomic E-state index is 0.0441. The highest BCUT2D eigenvalue weighted by atomic mass is 16.4. The smallest absolute Gasteiger partial charge is 0.108 e. The van der Waals surface area contributed by atoms with Crippen LogP contribution in [-0.2, 0) is 0 Å². The van der Waals surface area contributed by atoms with Gasteiger partial charge in [-0.1, -0.05) is 0 Å². The van der Waals surface area contributed by atoms with Crippen LogP contribution < -0.4 is 5.32 Å². The predicted octanol–water partition coefficient (Wildman–Crippen LogP) is -2.58. The van der Waals surface area contributed by atoms with Gasteiger partial charge in [0.25, 0.3) is 0 Å². The first-order valence-electron chi connectivity index (χ1n) is 4.05. The second-order valence-electron chi connectivity index (χ2n) is 3.08. The van der Waals surface area contributed by atoms with E-state index in [0.717, 1.165) is 0 Å². The minimum Gasteiger partial charge on any atom is -0.396 e. The summed E-state index contributed by atoms with van der Waals surface area (Å²) in [7, 11) is 0. The zero-order valence-electron chi connectivity index (χ0n) is 6.72. The van der Waals surface area contributed by atoms with Crippen LogP contribution in [0.2, 0.25) is 0 Å². The molecule has 0 amide bonds. The van der Waals surface area contributed by atoms with Crippen molar-refractivity contribution in [2.24, 2.45) is 0 Å². The molecule has 0 aromatic rings. The van der Waals surface area contributed by atoms with Gasteiger partial charge in [-0.2, -0.15) is 0 Å². The van der Waals surface area contributed by atoms with Crippen LogP contribution in [0.1, 0.15) is 6.42 Å². The van der Waals surface area contributed by atoms with Crippen LogP contribution >= 0.6 is 0 Å². The summed E-state index contributed by atoms with van der Waals surface area (Å²) in [5, 5.41) is 39.1. The number of nitrogens with one attached hydrogen (secondary N) is 1. The number of aliphatic hydroxyl groups excluding tert-OH is 4. The number of rotatable bonds is 2. The molecule has 0 unspecified atom stereocenters. The monoisotopic (exact) mass is 177 g/mol. The quantitative estimate of drug-likeness (QED) is 0.319. The molecule has 72 valence electrons. The normalized spacial score (nSPS) is 43.0. The number of aliphatic hydroxyl groups is 4. The van der Waals surface area contributed by atoms with Gasteiger partial charge in [-0.05, 0) is 6.42 Å². The van der Waals surface area contributed by atoms with Gasteiger partial charge < -0.3 is 25.7 Å². The van der Waals surface area contributed by atoms with Crippen molar-refractivity contribution in [3.63, 3.8) is 0 Å². The maximum Gasteiger partial charge on any atom is 0.108 e. The molecular weight excluding hydrogens is 162 g/mol. The molecule has 1 aliphatic heterocycles. The average molecular weight is 177 g/mol. The summed E-state index contributed by atoms with van der Waals surface area (Å²) in [6.45, 7) is 0.209. The zero-order valence-corrected chi connectivity index (χ0v) is 6.72. The molecule has 12 heavy (non-hydrogen) atoms. The van der Waals surface area contributed by atoms with E-state index in [4.69, 9.17) is 10.2 Å². The number of hydrogen-bond donors (Lipinski definition) is 5. The largest absolute Gasteiger partial charge is 0.396 e. The van der Waals surface area contributed by atoms with Gasteiger partial charge >= 0.3 is 0 Å². The Hall–Kier alpha value is -0.200. The molecule has 0 radical (unpaired) electrons. The molecule has 0 aliphatic carbocycles. The maximum absolute atomic E-state index is 9.36. The van der Waals surface area contributed by atoms with Crippen LogP contribution in [0.25, 0.3) is 0 Å². The fraction of sp³-hybridized carbons (Fsp3) is 1.00. The van der Waals surface area contributed by atoms with Crippen LogP contribution in [0.3, 0.4) is 0 Å². The van der Waals surface area contributed by atoms with E-state index in [1.807, 2.05) is 0 Å². The lowest BCUT2D eigenvalue weighted by atomic mass is 9.94. The third-order valence-electron chi connectivity index (χ3n) is 2.19. The van der Waals surface area contributed by atoms with E-state index in [1.54, 1.807) is 0 Å². The van der Waals surface area contributed by atoms with Crippen molar-refractivity contribution >= 4 is 0 Å². The standard InChI is InChI=1S/C7H15NO4/c9-2-1-4-6(11)7(12)5(10)3-8-4/h4-12H,1-3H2/t4-,5+,6-,7+/m0/s1. The summed E-state index contributed by atoms with van der Waals surface area (Å²) in [6.07, 6.45) is -2.65.